The molecule has 0 aliphatic carbocycles. The summed E-state index contributed by atoms with van der Waals surface area (Å²) in [5, 5.41) is 2.63. The Balaban J connectivity index is 1.20. The highest BCUT2D eigenvalue weighted by atomic mass is 35.5. The zero-order valence-corrected chi connectivity index (χ0v) is 24.8. The van der Waals surface area contributed by atoms with Gasteiger partial charge in [0, 0.05) is 60.8 Å². The molecule has 1 fully saturated rings. The molecule has 4 rings (SSSR count). The van der Waals surface area contributed by atoms with Crippen molar-refractivity contribution in [2.75, 3.05) is 38.5 Å². The number of nitrogens with zero attached hydrogens (tertiary/aromatic N) is 3. The van der Waals surface area contributed by atoms with Gasteiger partial charge in [0.25, 0.3) is 0 Å². The highest BCUT2D eigenvalue weighted by molar-refractivity contribution is 7.89. The normalized spacial score (nSPS) is 15.7. The maximum Gasteiger partial charge on any atom is 0.249 e. The number of nitrogens with one attached hydrogen (secondary N) is 1. The van der Waals surface area contributed by atoms with E-state index in [9.17, 15) is 13.2 Å². The van der Waals surface area contributed by atoms with E-state index < -0.39 is 10.0 Å². The van der Waals surface area contributed by atoms with Crippen LogP contribution in [0.3, 0.4) is 0 Å². The second-order valence-corrected chi connectivity index (χ2v) is 13.2. The molecule has 0 spiro atoms. The Hall–Kier alpha value is -1.87. The number of unbranched alkanes of at least 4 members (excludes halogenated alkanes) is 6. The van der Waals surface area contributed by atoms with Crippen LogP contribution in [0.25, 0.3) is 21.8 Å². The maximum absolute atomic E-state index is 12.0. The van der Waals surface area contributed by atoms with Crippen LogP contribution in [0.15, 0.2) is 23.0 Å². The van der Waals surface area contributed by atoms with Gasteiger partial charge in [0.1, 0.15) is 0 Å². The minimum Gasteiger partial charge on any atom is -0.344 e. The molecule has 9 heteroatoms. The van der Waals surface area contributed by atoms with E-state index in [1.165, 1.54) is 61.4 Å². The summed E-state index contributed by atoms with van der Waals surface area (Å²) in [6, 6.07) is 5.58. The van der Waals surface area contributed by atoms with Crippen molar-refractivity contribution >= 4 is 43.4 Å². The summed E-state index contributed by atoms with van der Waals surface area (Å²) in [4.78, 5) is 17.2. The molecule has 1 N–H and O–H groups in total. The van der Waals surface area contributed by atoms with Crippen LogP contribution >= 0.6 is 11.6 Å². The Morgan fingerprint density at radius 1 is 0.895 bits per heavy atom. The quantitative estimate of drug-likeness (QED) is 0.271. The number of rotatable bonds is 13. The molecule has 1 saturated heterocycles. The summed E-state index contributed by atoms with van der Waals surface area (Å²) < 4.78 is 28.1. The Morgan fingerprint density at radius 3 is 2.16 bits per heavy atom. The number of sulfonamides is 1. The number of aromatic amines is 1. The van der Waals surface area contributed by atoms with Crippen molar-refractivity contribution in [3.05, 3.63) is 44.8 Å². The lowest BCUT2D eigenvalue weighted by molar-refractivity contribution is 0.185. The summed E-state index contributed by atoms with van der Waals surface area (Å²) >= 11 is 6.53. The molecule has 38 heavy (non-hydrogen) atoms. The molecule has 7 nitrogen and oxygen atoms in total. The summed E-state index contributed by atoms with van der Waals surface area (Å²) in [6.45, 7) is 11.1. The highest BCUT2D eigenvalue weighted by Crippen LogP contribution is 2.35. The molecular formula is C29H43ClN4O3S. The number of benzene rings is 1. The summed E-state index contributed by atoms with van der Waals surface area (Å²) in [6.07, 6.45) is 9.55. The predicted octanol–water partition coefficient (Wildman–Crippen LogP) is 5.71. The molecule has 2 aromatic heterocycles. The van der Waals surface area contributed by atoms with Gasteiger partial charge in [0.15, 0.2) is 0 Å². The number of pyridine rings is 1. The van der Waals surface area contributed by atoms with E-state index in [1.807, 2.05) is 6.07 Å². The first-order chi connectivity index (χ1) is 18.3. The van der Waals surface area contributed by atoms with E-state index in [-0.39, 0.29) is 11.3 Å². The lowest BCUT2D eigenvalue weighted by atomic mass is 10.1. The molecule has 0 unspecified atom stereocenters. The SMILES string of the molecule is CCc1c(C)c2c3c(Cl)cc(=O)[nH]c3ccc2n1CCCCCCCCCN1CCN(S(=O)(=O)CC)CC1. The number of hydrogen-bond donors (Lipinski definition) is 1. The van der Waals surface area contributed by atoms with Crippen LogP contribution in [0.2, 0.25) is 5.02 Å². The van der Waals surface area contributed by atoms with Crippen LogP contribution in [-0.2, 0) is 23.0 Å². The lowest BCUT2D eigenvalue weighted by Gasteiger charge is -2.33. The molecule has 1 aliphatic heterocycles. The summed E-state index contributed by atoms with van der Waals surface area (Å²) in [5.74, 6) is 0.198. The van der Waals surface area contributed by atoms with Crippen LogP contribution in [0.1, 0.15) is 70.1 Å². The van der Waals surface area contributed by atoms with Gasteiger partial charge in [-0.25, -0.2) is 8.42 Å². The first-order valence-electron chi connectivity index (χ1n) is 14.3. The van der Waals surface area contributed by atoms with Crippen molar-refractivity contribution in [1.29, 1.82) is 0 Å². The number of fused-ring (bicyclic) bond motifs is 3. The molecule has 0 bridgehead atoms. The molecular weight excluding hydrogens is 520 g/mol. The number of aromatic nitrogens is 2. The molecule has 1 aliphatic rings. The van der Waals surface area contributed by atoms with E-state index in [0.717, 1.165) is 55.3 Å². The molecule has 0 saturated carbocycles. The Morgan fingerprint density at radius 2 is 1.53 bits per heavy atom. The summed E-state index contributed by atoms with van der Waals surface area (Å²) in [5.41, 5.74) is 4.44. The molecule has 0 amide bonds. The van der Waals surface area contributed by atoms with E-state index >= 15 is 0 Å². The molecule has 3 heterocycles. The second kappa shape index (κ2) is 13.0. The smallest absolute Gasteiger partial charge is 0.249 e. The van der Waals surface area contributed by atoms with Crippen LogP contribution < -0.4 is 5.56 Å². The first kappa shape index (κ1) is 29.1. The fourth-order valence-corrected chi connectivity index (χ4v) is 7.39. The third kappa shape index (κ3) is 6.46. The highest BCUT2D eigenvalue weighted by Gasteiger charge is 2.25. The van der Waals surface area contributed by atoms with E-state index in [1.54, 1.807) is 11.2 Å². The van der Waals surface area contributed by atoms with Gasteiger partial charge in [-0.3, -0.25) is 4.79 Å². The molecule has 0 radical (unpaired) electrons. The Kier molecular flexibility index (Phi) is 9.95. The van der Waals surface area contributed by atoms with Crippen LogP contribution in [0.5, 0.6) is 0 Å². The lowest BCUT2D eigenvalue weighted by Crippen LogP contribution is -2.49. The predicted molar refractivity (Wildman–Crippen MR) is 159 cm³/mol. The average Bonchev–Trinajstić information content (AvgIpc) is 3.18. The first-order valence-corrected chi connectivity index (χ1v) is 16.3. The third-order valence-corrected chi connectivity index (χ3v) is 10.3. The number of hydrogen-bond acceptors (Lipinski definition) is 4. The van der Waals surface area contributed by atoms with Gasteiger partial charge in [-0.2, -0.15) is 4.31 Å². The average molecular weight is 563 g/mol. The van der Waals surface area contributed by atoms with Gasteiger partial charge < -0.3 is 14.5 Å². The van der Waals surface area contributed by atoms with Crippen molar-refractivity contribution in [3.63, 3.8) is 0 Å². The molecule has 210 valence electrons. The van der Waals surface area contributed by atoms with Crippen LogP contribution in [0, 0.1) is 6.92 Å². The fraction of sp³-hybridized carbons (Fsp3) is 0.621. The largest absolute Gasteiger partial charge is 0.344 e. The van der Waals surface area contributed by atoms with Gasteiger partial charge in [-0.15, -0.1) is 0 Å². The second-order valence-electron chi connectivity index (χ2n) is 10.6. The zero-order valence-electron chi connectivity index (χ0n) is 23.2. The van der Waals surface area contributed by atoms with E-state index in [4.69, 9.17) is 11.6 Å². The molecule has 1 aromatic carbocycles. The van der Waals surface area contributed by atoms with Crippen molar-refractivity contribution in [1.82, 2.24) is 18.8 Å². The van der Waals surface area contributed by atoms with Gasteiger partial charge >= 0.3 is 0 Å². The van der Waals surface area contributed by atoms with Gasteiger partial charge in [0.2, 0.25) is 15.6 Å². The Labute approximate surface area is 232 Å². The topological polar surface area (TPSA) is 78.4 Å². The number of H-pyrrole nitrogens is 1. The van der Waals surface area contributed by atoms with Crippen LogP contribution in [-0.4, -0.2) is 65.7 Å². The maximum atomic E-state index is 12.0. The van der Waals surface area contributed by atoms with Crippen LogP contribution in [0.4, 0.5) is 0 Å². The number of aryl methyl sites for hydroxylation is 2. The Bertz CT molecular complexity index is 1400. The van der Waals surface area contributed by atoms with Gasteiger partial charge in [-0.1, -0.05) is 50.6 Å². The minimum atomic E-state index is -3.04. The number of halogens is 1. The van der Waals surface area contributed by atoms with Gasteiger partial charge in [-0.05, 0) is 57.4 Å². The standard InChI is InChI=1S/C29H43ClN4O3S/c1-4-25-22(3)28-26(14-13-24-29(28)23(30)21-27(35)31-24)34(25)16-12-10-8-6-7-9-11-15-32-17-19-33(20-18-32)38(36,37)5-2/h13-14,21H,4-12,15-20H2,1-3H3,(H,31,35). The molecule has 0 atom stereocenters. The van der Waals surface area contributed by atoms with E-state index in [2.05, 4.69) is 34.4 Å². The zero-order chi connectivity index (χ0) is 27.3. The van der Waals surface area contributed by atoms with Crippen molar-refractivity contribution < 1.29 is 8.42 Å². The third-order valence-electron chi connectivity index (χ3n) is 8.14. The summed E-state index contributed by atoms with van der Waals surface area (Å²) in [7, 11) is -3.04. The monoisotopic (exact) mass is 562 g/mol. The van der Waals surface area contributed by atoms with Crippen molar-refractivity contribution in [2.45, 2.75) is 78.7 Å². The molecule has 3 aromatic rings. The van der Waals surface area contributed by atoms with E-state index in [0.29, 0.717) is 18.1 Å². The van der Waals surface area contributed by atoms with Crippen molar-refractivity contribution in [2.24, 2.45) is 0 Å². The fourth-order valence-electron chi connectivity index (χ4n) is 6.01. The van der Waals surface area contributed by atoms with Crippen molar-refractivity contribution in [3.8, 4) is 0 Å². The minimum absolute atomic E-state index is 0.169. The number of piperazine rings is 1. The van der Waals surface area contributed by atoms with Gasteiger partial charge in [0.05, 0.1) is 16.3 Å².